The number of hydrogen-bond donors (Lipinski definition) is 1. The van der Waals surface area contributed by atoms with E-state index >= 15 is 0 Å². The number of carbonyl (C=O) groups excluding carboxylic acids is 1. The summed E-state index contributed by atoms with van der Waals surface area (Å²) in [5.41, 5.74) is 0.917. The van der Waals surface area contributed by atoms with Crippen LogP contribution in [0, 0.1) is 6.92 Å². The van der Waals surface area contributed by atoms with Gasteiger partial charge >= 0.3 is 0 Å². The molecule has 0 radical (unpaired) electrons. The van der Waals surface area contributed by atoms with Gasteiger partial charge in [-0.15, -0.1) is 0 Å². The Morgan fingerprint density at radius 3 is 2.66 bits per heavy atom. The minimum Gasteiger partial charge on any atom is -0.465 e. The molecule has 0 atom stereocenters. The van der Waals surface area contributed by atoms with Gasteiger partial charge in [0.25, 0.3) is 0 Å². The summed E-state index contributed by atoms with van der Waals surface area (Å²) in [4.78, 5) is 12.5. The van der Waals surface area contributed by atoms with Crippen LogP contribution in [0.3, 0.4) is 0 Å². The van der Waals surface area contributed by atoms with Crippen LogP contribution in [0.25, 0.3) is 10.9 Å². The molecule has 3 heterocycles. The number of carbonyl (C=O) groups is 1. The van der Waals surface area contributed by atoms with Gasteiger partial charge < -0.3 is 14.3 Å². The van der Waals surface area contributed by atoms with Crippen molar-refractivity contribution in [2.45, 2.75) is 44.2 Å². The van der Waals surface area contributed by atoms with Gasteiger partial charge in [0, 0.05) is 43.2 Å². The fourth-order valence-electron chi connectivity index (χ4n) is 3.69. The van der Waals surface area contributed by atoms with E-state index in [0.717, 1.165) is 35.3 Å². The second-order valence-corrected chi connectivity index (χ2v) is 9.32. The second-order valence-electron chi connectivity index (χ2n) is 7.38. The van der Waals surface area contributed by atoms with Crippen LogP contribution >= 0.6 is 0 Å². The monoisotopic (exact) mass is 415 g/mol. The molecule has 1 aliphatic rings. The zero-order chi connectivity index (χ0) is 20.4. The Bertz CT molecular complexity index is 1120. The Kier molecular flexibility index (Phi) is 5.47. The van der Waals surface area contributed by atoms with Gasteiger partial charge in [-0.2, -0.15) is 4.31 Å². The minimum absolute atomic E-state index is 0.0610. The smallest absolute Gasteiger partial charge is 0.243 e. The van der Waals surface area contributed by atoms with Crippen molar-refractivity contribution >= 4 is 26.8 Å². The minimum atomic E-state index is -3.43. The maximum atomic E-state index is 12.7. The summed E-state index contributed by atoms with van der Waals surface area (Å²) in [6, 6.07) is 10.8. The van der Waals surface area contributed by atoms with Gasteiger partial charge in [-0.1, -0.05) is 0 Å². The van der Waals surface area contributed by atoms with Crippen molar-refractivity contribution in [3.05, 3.63) is 54.1 Å². The van der Waals surface area contributed by atoms with Gasteiger partial charge in [0.05, 0.1) is 11.4 Å². The molecule has 29 heavy (non-hydrogen) atoms. The molecule has 1 saturated heterocycles. The van der Waals surface area contributed by atoms with E-state index in [2.05, 4.69) is 5.32 Å². The number of nitrogens with one attached hydrogen (secondary N) is 1. The summed E-state index contributed by atoms with van der Waals surface area (Å²) in [5, 5.41) is 3.71. The maximum absolute atomic E-state index is 12.7. The van der Waals surface area contributed by atoms with Crippen LogP contribution in [0.5, 0.6) is 0 Å². The average molecular weight is 416 g/mol. The molecule has 4 rings (SSSR count). The quantitative estimate of drug-likeness (QED) is 0.643. The molecule has 2 aromatic heterocycles. The standard InChI is InChI=1S/C21H25N3O4S/c1-16-4-5-18(28-16)15-22-21(25)9-13-23-12-8-17-14-19(6-7-20(17)23)29(26,27)24-10-2-3-11-24/h4-8,12,14H,2-3,9-11,13,15H2,1H3,(H,22,25). The lowest BCUT2D eigenvalue weighted by atomic mass is 10.2. The van der Waals surface area contributed by atoms with Crippen molar-refractivity contribution in [2.75, 3.05) is 13.1 Å². The zero-order valence-corrected chi connectivity index (χ0v) is 17.2. The second kappa shape index (κ2) is 8.04. The van der Waals surface area contributed by atoms with Crippen molar-refractivity contribution < 1.29 is 17.6 Å². The van der Waals surface area contributed by atoms with Crippen molar-refractivity contribution in [3.63, 3.8) is 0 Å². The van der Waals surface area contributed by atoms with Crippen molar-refractivity contribution in [1.82, 2.24) is 14.2 Å². The van der Waals surface area contributed by atoms with E-state index in [1.165, 1.54) is 0 Å². The Morgan fingerprint density at radius 1 is 1.14 bits per heavy atom. The molecule has 1 fully saturated rings. The summed E-state index contributed by atoms with van der Waals surface area (Å²) >= 11 is 0. The highest BCUT2D eigenvalue weighted by molar-refractivity contribution is 7.89. The number of fused-ring (bicyclic) bond motifs is 1. The first-order valence-electron chi connectivity index (χ1n) is 9.84. The molecule has 3 aromatic rings. The van der Waals surface area contributed by atoms with E-state index in [1.54, 1.807) is 16.4 Å². The lowest BCUT2D eigenvalue weighted by Crippen LogP contribution is -2.27. The van der Waals surface area contributed by atoms with Gasteiger partial charge in [-0.05, 0) is 56.2 Å². The van der Waals surface area contributed by atoms with Gasteiger partial charge in [0.2, 0.25) is 15.9 Å². The highest BCUT2D eigenvalue weighted by atomic mass is 32.2. The highest BCUT2D eigenvalue weighted by Gasteiger charge is 2.27. The molecule has 154 valence electrons. The number of sulfonamides is 1. The Labute approximate surface area is 170 Å². The summed E-state index contributed by atoms with van der Waals surface area (Å²) in [5.74, 6) is 1.49. The summed E-state index contributed by atoms with van der Waals surface area (Å²) in [6.07, 6.45) is 4.05. The third-order valence-electron chi connectivity index (χ3n) is 5.28. The first kappa shape index (κ1) is 19.7. The summed E-state index contributed by atoms with van der Waals surface area (Å²) in [7, 11) is -3.43. The Hall–Kier alpha value is -2.58. The van der Waals surface area contributed by atoms with Crippen molar-refractivity contribution in [1.29, 1.82) is 0 Å². The maximum Gasteiger partial charge on any atom is 0.243 e. The largest absolute Gasteiger partial charge is 0.465 e. The first-order valence-corrected chi connectivity index (χ1v) is 11.3. The van der Waals surface area contributed by atoms with Crippen LogP contribution in [0.4, 0.5) is 0 Å². The topological polar surface area (TPSA) is 84.5 Å². The molecule has 0 unspecified atom stereocenters. The van der Waals surface area contributed by atoms with Crippen molar-refractivity contribution in [2.24, 2.45) is 0 Å². The van der Waals surface area contributed by atoms with Crippen LogP contribution in [0.15, 0.2) is 51.9 Å². The summed E-state index contributed by atoms with van der Waals surface area (Å²) < 4.78 is 34.5. The molecule has 1 amide bonds. The molecule has 7 nitrogen and oxygen atoms in total. The third-order valence-corrected chi connectivity index (χ3v) is 7.18. The molecule has 0 spiro atoms. The number of aromatic nitrogens is 1. The number of nitrogens with zero attached hydrogens (tertiary/aromatic N) is 2. The van der Waals surface area contributed by atoms with Gasteiger partial charge in [-0.25, -0.2) is 8.42 Å². The number of hydrogen-bond acceptors (Lipinski definition) is 4. The molecule has 8 heteroatoms. The summed E-state index contributed by atoms with van der Waals surface area (Å²) in [6.45, 7) is 3.94. The fourth-order valence-corrected chi connectivity index (χ4v) is 5.24. The third kappa shape index (κ3) is 4.23. The number of furan rings is 1. The molecule has 1 N–H and O–H groups in total. The molecular weight excluding hydrogens is 390 g/mol. The van der Waals surface area contributed by atoms with E-state index in [9.17, 15) is 13.2 Å². The Balaban J connectivity index is 1.40. The lowest BCUT2D eigenvalue weighted by Gasteiger charge is -2.15. The average Bonchev–Trinajstić information content (AvgIpc) is 3.45. The molecule has 0 aliphatic carbocycles. The molecule has 0 saturated carbocycles. The number of amides is 1. The van der Waals surface area contributed by atoms with Gasteiger partial charge in [0.1, 0.15) is 11.5 Å². The van der Waals surface area contributed by atoms with Crippen LogP contribution in [0.1, 0.15) is 30.8 Å². The first-order chi connectivity index (χ1) is 13.9. The van der Waals surface area contributed by atoms with Crippen LogP contribution in [0.2, 0.25) is 0 Å². The van der Waals surface area contributed by atoms with Crippen molar-refractivity contribution in [3.8, 4) is 0 Å². The molecule has 1 aromatic carbocycles. The lowest BCUT2D eigenvalue weighted by molar-refractivity contribution is -0.121. The normalized spacial score (nSPS) is 15.2. The predicted octanol–water partition coefficient (Wildman–Crippen LogP) is 3.03. The van der Waals surface area contributed by atoms with Crippen LogP contribution in [-0.2, 0) is 27.9 Å². The molecular formula is C21H25N3O4S. The predicted molar refractivity (Wildman–Crippen MR) is 110 cm³/mol. The van der Waals surface area contributed by atoms with E-state index in [4.69, 9.17) is 4.42 Å². The number of rotatable bonds is 7. The zero-order valence-electron chi connectivity index (χ0n) is 16.4. The SMILES string of the molecule is Cc1ccc(CNC(=O)CCn2ccc3cc(S(=O)(=O)N4CCCC4)ccc32)o1. The van der Waals surface area contributed by atoms with E-state index in [1.807, 2.05) is 42.0 Å². The van der Waals surface area contributed by atoms with Crippen LogP contribution < -0.4 is 5.32 Å². The number of aryl methyl sites for hydroxylation is 2. The van der Waals surface area contributed by atoms with E-state index in [0.29, 0.717) is 37.5 Å². The molecule has 1 aliphatic heterocycles. The highest BCUT2D eigenvalue weighted by Crippen LogP contribution is 2.25. The number of benzene rings is 1. The van der Waals surface area contributed by atoms with E-state index in [-0.39, 0.29) is 5.91 Å². The van der Waals surface area contributed by atoms with Gasteiger partial charge in [-0.3, -0.25) is 4.79 Å². The van der Waals surface area contributed by atoms with E-state index < -0.39 is 10.0 Å². The van der Waals surface area contributed by atoms with Crippen LogP contribution in [-0.4, -0.2) is 36.3 Å². The fraction of sp³-hybridized carbons (Fsp3) is 0.381. The molecule has 0 bridgehead atoms. The Morgan fingerprint density at radius 2 is 1.93 bits per heavy atom. The van der Waals surface area contributed by atoms with Gasteiger partial charge in [0.15, 0.2) is 0 Å².